The Morgan fingerprint density at radius 3 is 0.806 bits per heavy atom. The molecule has 4 saturated carbocycles. The summed E-state index contributed by atoms with van der Waals surface area (Å²) in [7, 11) is -10.3. The van der Waals surface area contributed by atoms with Gasteiger partial charge in [-0.1, -0.05) is 125 Å². The number of sulfonamides is 5. The Morgan fingerprint density at radius 1 is 0.326 bits per heavy atom. The lowest BCUT2D eigenvalue weighted by atomic mass is 9.86. The topological polar surface area (TPSA) is 303 Å². The number of nitrogens with zero attached hydrogens (tertiary/aromatic N) is 14. The van der Waals surface area contributed by atoms with Gasteiger partial charge in [-0.2, -0.15) is 0 Å². The Bertz CT molecular complexity index is 6700. The van der Waals surface area contributed by atoms with Crippen molar-refractivity contribution in [3.63, 3.8) is 0 Å². The summed E-state index contributed by atoms with van der Waals surface area (Å²) in [6.45, 7) is 46.0. The number of hydrogen-bond donors (Lipinski definition) is 1. The zero-order valence-corrected chi connectivity index (χ0v) is 93.2. The normalized spacial score (nSPS) is 18.1. The van der Waals surface area contributed by atoms with E-state index in [4.69, 9.17) is 34.4 Å². The van der Waals surface area contributed by atoms with Crippen LogP contribution < -0.4 is 21.9 Å². The number of rotatable bonds is 28. The van der Waals surface area contributed by atoms with Gasteiger partial charge in [-0.15, -0.1) is 0 Å². The molecule has 144 heavy (non-hydrogen) atoms. The molecule has 1 N–H and O–H groups in total. The van der Waals surface area contributed by atoms with Gasteiger partial charge in [-0.25, -0.2) is 93.4 Å². The molecule has 6 fully saturated rings. The number of alkyl halides is 6. The maximum absolute atomic E-state index is 13.6. The molecule has 4 aliphatic carbocycles. The molecule has 0 spiro atoms. The second-order valence-electron chi connectivity index (χ2n) is 46.0. The minimum atomic E-state index is -3.37. The van der Waals surface area contributed by atoms with E-state index in [1.54, 1.807) is 65.4 Å². The van der Waals surface area contributed by atoms with E-state index in [1.807, 2.05) is 81.4 Å². The third-order valence-electron chi connectivity index (χ3n) is 28.5. The summed E-state index contributed by atoms with van der Waals surface area (Å²) >= 11 is 0. The number of ether oxygens (including phenoxy) is 2. The Labute approximate surface area is 852 Å². The van der Waals surface area contributed by atoms with Crippen LogP contribution in [0.1, 0.15) is 296 Å². The van der Waals surface area contributed by atoms with E-state index < -0.39 is 67.9 Å². The van der Waals surface area contributed by atoms with E-state index in [1.165, 1.54) is 17.2 Å². The Morgan fingerprint density at radius 2 is 0.562 bits per heavy atom. The van der Waals surface area contributed by atoms with Crippen LogP contribution in [0.25, 0.3) is 55.2 Å². The van der Waals surface area contributed by atoms with Crippen LogP contribution in [0.5, 0.6) is 0 Å². The molecule has 0 atom stereocenters. The highest BCUT2D eigenvalue weighted by Gasteiger charge is 2.43. The van der Waals surface area contributed by atoms with Gasteiger partial charge < -0.3 is 32.3 Å². The van der Waals surface area contributed by atoms with Crippen LogP contribution in [0.3, 0.4) is 0 Å². The molecule has 6 aliphatic rings. The number of halogens is 6. The molecule has 7 heterocycles. The fourth-order valence-electron chi connectivity index (χ4n) is 19.9. The van der Waals surface area contributed by atoms with E-state index in [0.29, 0.717) is 123 Å². The zero-order chi connectivity index (χ0) is 106. The highest BCUT2D eigenvalue weighted by Crippen LogP contribution is 2.45. The highest BCUT2D eigenvalue weighted by molar-refractivity contribution is 7.94. The van der Waals surface area contributed by atoms with Crippen LogP contribution in [0.4, 0.5) is 54.8 Å². The fourth-order valence-corrected chi connectivity index (χ4v) is 25.9. The van der Waals surface area contributed by atoms with Gasteiger partial charge in [0.2, 0.25) is 67.9 Å². The molecule has 0 amide bonds. The molecule has 0 bridgehead atoms. The summed E-state index contributed by atoms with van der Waals surface area (Å²) in [5.41, 5.74) is 10.9. The Hall–Kier alpha value is -8.30. The number of anilines is 5. The number of hydrogen-bond acceptors (Lipinski definition) is 17. The Kier molecular flexibility index (Phi) is 35.6. The van der Waals surface area contributed by atoms with E-state index in [2.05, 4.69) is 131 Å². The lowest BCUT2D eigenvalue weighted by Gasteiger charge is -2.30. The predicted octanol–water partition coefficient (Wildman–Crippen LogP) is 23.2. The van der Waals surface area contributed by atoms with Gasteiger partial charge in [-0.05, 0) is 224 Å². The second kappa shape index (κ2) is 44.9. The number of fused-ring (bicyclic) bond motifs is 5. The van der Waals surface area contributed by atoms with Crippen molar-refractivity contribution < 1.29 is 77.9 Å². The van der Waals surface area contributed by atoms with Crippen molar-refractivity contribution in [2.75, 3.05) is 99.6 Å². The van der Waals surface area contributed by atoms with Gasteiger partial charge in [0.15, 0.2) is 0 Å². The largest absolute Gasteiger partial charge is 0.381 e. The van der Waals surface area contributed by atoms with E-state index in [0.717, 1.165) is 157 Å². The van der Waals surface area contributed by atoms with Crippen LogP contribution in [-0.4, -0.2) is 190 Å². The maximum Gasteiger partial charge on any atom is 0.248 e. The monoisotopic (exact) mass is 2110 g/mol. The van der Waals surface area contributed by atoms with Crippen molar-refractivity contribution in [1.29, 1.82) is 0 Å². The summed E-state index contributed by atoms with van der Waals surface area (Å²) in [6.07, 6.45) is 10.2. The van der Waals surface area contributed by atoms with E-state index in [9.17, 15) is 68.4 Å². The fraction of sp³-hybridized carbons (Fsp3) is 0.670. The molecule has 5 aromatic carbocycles. The second-order valence-corrected chi connectivity index (χ2v) is 56.6. The minimum absolute atomic E-state index is 0.0233. The smallest absolute Gasteiger partial charge is 0.248 e. The summed E-state index contributed by atoms with van der Waals surface area (Å²) in [6, 6.07) is 28.0. The molecule has 802 valence electrons. The summed E-state index contributed by atoms with van der Waals surface area (Å²) in [4.78, 5) is 24.3. The van der Waals surface area contributed by atoms with Crippen LogP contribution >= 0.6 is 0 Å². The number of aromatic nitrogens is 10. The van der Waals surface area contributed by atoms with Crippen molar-refractivity contribution in [1.82, 2.24) is 47.8 Å². The molecule has 27 nitrogen and oxygen atoms in total. The summed E-state index contributed by atoms with van der Waals surface area (Å²) in [5.74, 6) is -0.765. The zero-order valence-electron chi connectivity index (χ0n) is 89.1. The van der Waals surface area contributed by atoms with Gasteiger partial charge in [0.1, 0.15) is 29.1 Å². The molecule has 5 aromatic heterocycles. The lowest BCUT2D eigenvalue weighted by molar-refractivity contribution is -0.0478. The molecule has 38 heteroatoms. The Balaban J connectivity index is 0.000000160. The first-order valence-electron chi connectivity index (χ1n) is 51.6. The average Bonchev–Trinajstić information content (AvgIpc) is 1.60. The molecule has 16 rings (SSSR count). The first-order valence-corrected chi connectivity index (χ1v) is 59.6. The van der Waals surface area contributed by atoms with E-state index in [-0.39, 0.29) is 112 Å². The van der Waals surface area contributed by atoms with Gasteiger partial charge in [0.25, 0.3) is 0 Å². The van der Waals surface area contributed by atoms with Gasteiger partial charge in [0.05, 0.1) is 112 Å². The molecule has 10 aromatic rings. The van der Waals surface area contributed by atoms with Gasteiger partial charge >= 0.3 is 0 Å². The van der Waals surface area contributed by atoms with Crippen molar-refractivity contribution >= 4 is 134 Å². The third-order valence-corrected chi connectivity index (χ3v) is 38.0. The number of nitrogens with one attached hydrogen (secondary N) is 1. The quantitative estimate of drug-likeness (QED) is 0.0445. The van der Waals surface area contributed by atoms with Gasteiger partial charge in [-0.3, -0.25) is 21.9 Å². The molecule has 2 saturated heterocycles. The van der Waals surface area contributed by atoms with Crippen molar-refractivity contribution in [2.24, 2.45) is 29.6 Å². The molecule has 0 radical (unpaired) electrons. The predicted molar refractivity (Wildman–Crippen MR) is 571 cm³/mol. The van der Waals surface area contributed by atoms with Crippen molar-refractivity contribution in [3.05, 3.63) is 120 Å². The molecular formula is C106H159F6N15O12S5. The number of imidazole rings is 5. The maximum atomic E-state index is 13.6. The van der Waals surface area contributed by atoms with Crippen LogP contribution in [0.2, 0.25) is 0 Å². The first-order chi connectivity index (χ1) is 66.9. The standard InChI is InChI=1S/C22H33F2N3O2S.2C21H31F2N3O2S.C21H31N3O3S.C21H33N3O3S/c1-6-13-30(28,29)26(5)17-7-8-19-18(14-17)25-20(21(2,3)4)27(19)15-16-9-11-22(23,24)12-10-16;1-6-29(27,28)25(5)16-7-8-18-17(13-16)24-19(20(2,3)4)26(18)14-15-9-11-21(22,23)12-10-15;1-5-12-29(27,28)25-16-6-7-18-17(13-16)24-19(20(2,3)4)26(18)14-15-8-10-21(22,23)11-9-15;1-21(2,3)20-22-18-13-16(23(4)28(25,26)17-6-7-17)5-8-19(18)24(20)14-15-9-11-27-12-10-15;1-6-13-28(25,26)23(5)17-7-8-19-18(14-17)22-20(21(2,3)4)24(19)15-16-9-11-27-12-10-16/h7-8,14,16H,6,9-13,15H2,1-5H3;7-8,13,15H,6,9-12,14H2,1-5H3;6-7,13,15,25H,5,8-12,14H2,1-4H3;5,8,13,15,17H,6-7,9-12,14H2,1-4H3;7-8,14,16H,6,9-13,15H2,1-5H3. The molecule has 2 aliphatic heterocycles. The molecule has 0 unspecified atom stereocenters. The average molecular weight is 2110 g/mol. The molecular weight excluding hydrogens is 1950 g/mol. The lowest BCUT2D eigenvalue weighted by Crippen LogP contribution is -2.29. The third kappa shape index (κ3) is 28.4. The van der Waals surface area contributed by atoms with Crippen LogP contribution in [0, 0.1) is 29.6 Å². The minimum Gasteiger partial charge on any atom is -0.381 e. The van der Waals surface area contributed by atoms with Crippen molar-refractivity contribution in [3.8, 4) is 0 Å². The van der Waals surface area contributed by atoms with Gasteiger partial charge in [0, 0.05) is 153 Å². The van der Waals surface area contributed by atoms with E-state index >= 15 is 0 Å². The number of benzene rings is 5. The highest BCUT2D eigenvalue weighted by atomic mass is 32.2. The van der Waals surface area contributed by atoms with Crippen LogP contribution in [-0.2, 0) is 119 Å². The SMILES string of the molecule is CCCS(=O)(=O)N(C)c1ccc2c(c1)nc(C(C)(C)C)n2CC1CCC(F)(F)CC1.CCCS(=O)(=O)N(C)c1ccc2c(c1)nc(C(C)(C)C)n2CC1CCOCC1.CCCS(=O)(=O)Nc1ccc2c(c1)nc(C(C)(C)C)n2CC1CCC(F)(F)CC1.CCS(=O)(=O)N(C)c1ccc2c(c1)nc(C(C)(C)C)n2CC1CCC(F)(F)CC1.CN(c1ccc2c(c1)nc(C(C)(C)C)n2CC1CCOCC1)S(=O)(=O)C1CC1. The first kappa shape index (κ1) is 114. The van der Waals surface area contributed by atoms with Crippen molar-refractivity contribution in [2.45, 2.75) is 349 Å². The summed E-state index contributed by atoms with van der Waals surface area (Å²) in [5, 5.41) is -0.218. The summed E-state index contributed by atoms with van der Waals surface area (Å²) < 4.78 is 235. The van der Waals surface area contributed by atoms with Crippen LogP contribution in [0.15, 0.2) is 91.0 Å².